The van der Waals surface area contributed by atoms with Crippen molar-refractivity contribution in [1.82, 2.24) is 0 Å². The van der Waals surface area contributed by atoms with Crippen LogP contribution in [-0.4, -0.2) is 51.3 Å². The molecule has 3 rings (SSSR count). The summed E-state index contributed by atoms with van der Waals surface area (Å²) in [6.07, 6.45) is 6.00. The maximum atomic E-state index is 3.41. The van der Waals surface area contributed by atoms with Crippen molar-refractivity contribution in [3.05, 3.63) is 106 Å². The lowest BCUT2D eigenvalue weighted by atomic mass is 10.0. The lowest BCUT2D eigenvalue weighted by molar-refractivity contribution is -0.884. The first-order valence-corrected chi connectivity index (χ1v) is 14.5. The molecule has 0 fully saturated rings. The van der Waals surface area contributed by atoms with Crippen LogP contribution in [0.25, 0.3) is 0 Å². The summed E-state index contributed by atoms with van der Waals surface area (Å²) in [5.41, 5.74) is 7.76. The van der Waals surface area contributed by atoms with Gasteiger partial charge < -0.3 is 8.97 Å². The topological polar surface area (TPSA) is 0 Å². The third-order valence-electron chi connectivity index (χ3n) is 6.23. The van der Waals surface area contributed by atoms with Crippen LogP contribution in [0.5, 0.6) is 0 Å². The van der Waals surface area contributed by atoms with Crippen molar-refractivity contribution in [2.45, 2.75) is 52.1 Å². The van der Waals surface area contributed by atoms with Crippen molar-refractivity contribution in [3.63, 3.8) is 0 Å². The zero-order valence-electron chi connectivity index (χ0n) is 25.7. The second-order valence-electron chi connectivity index (χ2n) is 12.7. The van der Waals surface area contributed by atoms with Gasteiger partial charge in [-0.25, -0.2) is 0 Å². The van der Waals surface area contributed by atoms with E-state index < -0.39 is 0 Å². The highest BCUT2D eigenvalue weighted by molar-refractivity contribution is 5.49. The van der Waals surface area contributed by atoms with Crippen LogP contribution >= 0.6 is 0 Å². The molecular formula is C38H46N2+2. The molecule has 40 heavy (non-hydrogen) atoms. The third-order valence-corrected chi connectivity index (χ3v) is 6.23. The van der Waals surface area contributed by atoms with Gasteiger partial charge in [-0.15, -0.1) is 0 Å². The van der Waals surface area contributed by atoms with Gasteiger partial charge in [-0.2, -0.15) is 0 Å². The molecule has 0 amide bonds. The molecule has 0 aliphatic rings. The molecule has 0 aromatic heterocycles. The second-order valence-corrected chi connectivity index (χ2v) is 12.7. The smallest absolute Gasteiger partial charge is 0.104 e. The Morgan fingerprint density at radius 2 is 0.875 bits per heavy atom. The molecule has 0 N–H and O–H groups in total. The Kier molecular flexibility index (Phi) is 11.2. The summed E-state index contributed by atoms with van der Waals surface area (Å²) in [6.45, 7) is 4.18. The van der Waals surface area contributed by atoms with Gasteiger partial charge in [-0.3, -0.25) is 0 Å². The van der Waals surface area contributed by atoms with E-state index in [9.17, 15) is 0 Å². The molecule has 0 saturated carbocycles. The van der Waals surface area contributed by atoms with Gasteiger partial charge in [-0.05, 0) is 73.2 Å². The molecule has 206 valence electrons. The van der Waals surface area contributed by atoms with Crippen LogP contribution in [0.3, 0.4) is 0 Å². The van der Waals surface area contributed by atoms with Gasteiger partial charge in [0.05, 0.1) is 42.3 Å². The second kappa shape index (κ2) is 14.6. The molecule has 0 heterocycles. The molecule has 0 spiro atoms. The maximum absolute atomic E-state index is 3.41. The average molecular weight is 531 g/mol. The minimum absolute atomic E-state index is 0.890. The van der Waals surface area contributed by atoms with Gasteiger partial charge in [0.25, 0.3) is 0 Å². The Morgan fingerprint density at radius 1 is 0.475 bits per heavy atom. The summed E-state index contributed by atoms with van der Waals surface area (Å²) >= 11 is 0. The Bertz CT molecular complexity index is 1390. The molecule has 0 aliphatic heterocycles. The van der Waals surface area contributed by atoms with E-state index in [-0.39, 0.29) is 0 Å². The number of unbranched alkanes of at least 4 members (excludes halogenated alkanes) is 4. The molecule has 0 bridgehead atoms. The summed E-state index contributed by atoms with van der Waals surface area (Å²) in [4.78, 5) is 0. The van der Waals surface area contributed by atoms with E-state index in [2.05, 4.69) is 127 Å². The fraction of sp³-hybridized carbons (Fsp3) is 0.368. The third kappa shape index (κ3) is 12.0. The zero-order valence-corrected chi connectivity index (χ0v) is 25.7. The van der Waals surface area contributed by atoms with Crippen LogP contribution in [0, 0.1) is 35.5 Å². The van der Waals surface area contributed by atoms with Gasteiger partial charge in [0.1, 0.15) is 13.1 Å². The monoisotopic (exact) mass is 530 g/mol. The summed E-state index contributed by atoms with van der Waals surface area (Å²) in [5, 5.41) is 0. The van der Waals surface area contributed by atoms with E-state index >= 15 is 0 Å². The lowest BCUT2D eigenvalue weighted by Crippen LogP contribution is -2.34. The number of benzene rings is 3. The Hall–Kier alpha value is -3.74. The predicted octanol–water partition coefficient (Wildman–Crippen LogP) is 7.22. The Balaban J connectivity index is 1.67. The minimum Gasteiger partial charge on any atom is -0.327 e. The van der Waals surface area contributed by atoms with Crippen LogP contribution in [-0.2, 0) is 13.1 Å². The van der Waals surface area contributed by atoms with Gasteiger partial charge in [0, 0.05) is 45.4 Å². The van der Waals surface area contributed by atoms with Crippen LogP contribution in [0.15, 0.2) is 66.7 Å². The number of hydrogen-bond acceptors (Lipinski definition) is 0. The van der Waals surface area contributed by atoms with Crippen LogP contribution in [0.2, 0.25) is 0 Å². The molecule has 0 atom stereocenters. The number of rotatable bonds is 8. The van der Waals surface area contributed by atoms with Gasteiger partial charge >= 0.3 is 0 Å². The van der Waals surface area contributed by atoms with Crippen molar-refractivity contribution in [2.24, 2.45) is 0 Å². The standard InChI is InChI=1S/C38H46N2/c1-8-9-10-11-12-13-14-32-15-17-33(18-16-32)19-20-34-21-23-35(24-22-34)25-26-36-27-37(30-39(2,3)4)29-38(28-36)31-40(5,6)7/h15-18,21-24,27-29H,8-12,30-31H2,1-7H3/q+2. The fourth-order valence-corrected chi connectivity index (χ4v) is 4.48. The van der Waals surface area contributed by atoms with Gasteiger partial charge in [0.2, 0.25) is 0 Å². The molecule has 3 aromatic rings. The molecular weight excluding hydrogens is 484 g/mol. The molecule has 0 aliphatic carbocycles. The maximum Gasteiger partial charge on any atom is 0.104 e. The lowest BCUT2D eigenvalue weighted by Gasteiger charge is -2.26. The SMILES string of the molecule is CCCCCCC#Cc1ccc(C#Cc2ccc(C#Cc3cc(C[N+](C)(C)C)cc(C[N+](C)(C)C)c3)cc2)cc1. The van der Waals surface area contributed by atoms with Crippen molar-refractivity contribution in [3.8, 4) is 35.5 Å². The van der Waals surface area contributed by atoms with Crippen molar-refractivity contribution in [2.75, 3.05) is 42.3 Å². The average Bonchev–Trinajstić information content (AvgIpc) is 2.87. The first kappa shape index (κ1) is 30.8. The Morgan fingerprint density at radius 3 is 1.27 bits per heavy atom. The van der Waals surface area contributed by atoms with Crippen LogP contribution in [0.4, 0.5) is 0 Å². The van der Waals surface area contributed by atoms with Gasteiger partial charge in [0.15, 0.2) is 0 Å². The van der Waals surface area contributed by atoms with E-state index in [4.69, 9.17) is 0 Å². The first-order chi connectivity index (χ1) is 19.0. The number of quaternary nitrogens is 2. The quantitative estimate of drug-likeness (QED) is 0.164. The largest absolute Gasteiger partial charge is 0.327 e. The summed E-state index contributed by atoms with van der Waals surface area (Å²) in [5.74, 6) is 19.9. The summed E-state index contributed by atoms with van der Waals surface area (Å²) in [6, 6.07) is 23.2. The molecule has 2 heteroatoms. The summed E-state index contributed by atoms with van der Waals surface area (Å²) in [7, 11) is 13.4. The highest BCUT2D eigenvalue weighted by Crippen LogP contribution is 2.16. The highest BCUT2D eigenvalue weighted by atomic mass is 15.3. The van der Waals surface area contributed by atoms with E-state index in [0.717, 1.165) is 56.3 Å². The van der Waals surface area contributed by atoms with Crippen LogP contribution < -0.4 is 0 Å². The molecule has 0 unspecified atom stereocenters. The van der Waals surface area contributed by atoms with Gasteiger partial charge in [-0.1, -0.05) is 61.7 Å². The van der Waals surface area contributed by atoms with Crippen molar-refractivity contribution < 1.29 is 8.97 Å². The number of nitrogens with zero attached hydrogens (tertiary/aromatic N) is 2. The normalized spacial score (nSPS) is 11.0. The van der Waals surface area contributed by atoms with E-state index in [1.807, 2.05) is 24.3 Å². The Labute approximate surface area is 244 Å². The zero-order chi connectivity index (χ0) is 29.0. The van der Waals surface area contributed by atoms with Crippen LogP contribution in [0.1, 0.15) is 78.0 Å². The predicted molar refractivity (Wildman–Crippen MR) is 170 cm³/mol. The van der Waals surface area contributed by atoms with Crippen molar-refractivity contribution in [1.29, 1.82) is 0 Å². The minimum atomic E-state index is 0.890. The molecule has 2 nitrogen and oxygen atoms in total. The van der Waals surface area contributed by atoms with E-state index in [0.29, 0.717) is 0 Å². The van der Waals surface area contributed by atoms with Crippen molar-refractivity contribution >= 4 is 0 Å². The van der Waals surface area contributed by atoms with E-state index in [1.165, 1.54) is 36.8 Å². The molecule has 0 saturated heterocycles. The highest BCUT2D eigenvalue weighted by Gasteiger charge is 2.14. The number of hydrogen-bond donors (Lipinski definition) is 0. The molecule has 3 aromatic carbocycles. The molecule has 0 radical (unpaired) electrons. The summed E-state index contributed by atoms with van der Waals surface area (Å²) < 4.78 is 1.78. The first-order valence-electron chi connectivity index (χ1n) is 14.5. The van der Waals surface area contributed by atoms with E-state index in [1.54, 1.807) is 0 Å². The fourth-order valence-electron chi connectivity index (χ4n) is 4.48.